The quantitative estimate of drug-likeness (QED) is 0.777. The van der Waals surface area contributed by atoms with E-state index in [1.807, 2.05) is 0 Å². The fraction of sp³-hybridized carbons (Fsp3) is 0.462. The number of nitrogens with one attached hydrogen (secondary N) is 1. The number of hydrogen-bond donors (Lipinski definition) is 2. The van der Waals surface area contributed by atoms with E-state index in [1.165, 1.54) is 0 Å². The third kappa shape index (κ3) is 3.67. The van der Waals surface area contributed by atoms with Gasteiger partial charge in [0.15, 0.2) is 11.5 Å². The van der Waals surface area contributed by atoms with Gasteiger partial charge in [-0.25, -0.2) is 0 Å². The van der Waals surface area contributed by atoms with Crippen LogP contribution in [0.5, 0.6) is 17.2 Å². The molecule has 0 radical (unpaired) electrons. The van der Waals surface area contributed by atoms with E-state index in [-0.39, 0.29) is 11.8 Å². The van der Waals surface area contributed by atoms with Gasteiger partial charge in [0.25, 0.3) is 0 Å². The van der Waals surface area contributed by atoms with Gasteiger partial charge in [0.2, 0.25) is 11.7 Å². The molecule has 3 N–H and O–H groups in total. The van der Waals surface area contributed by atoms with E-state index in [1.54, 1.807) is 40.4 Å². The van der Waals surface area contributed by atoms with Gasteiger partial charge in [0, 0.05) is 24.4 Å². The fourth-order valence-corrected chi connectivity index (χ4v) is 1.55. The van der Waals surface area contributed by atoms with E-state index in [0.717, 1.165) is 5.69 Å². The molecule has 1 aromatic rings. The molecule has 0 bridgehead atoms. The van der Waals surface area contributed by atoms with Crippen LogP contribution in [-0.2, 0) is 4.79 Å². The number of carbonyl (C=O) groups is 1. The summed E-state index contributed by atoms with van der Waals surface area (Å²) in [7, 11) is 4.64. The maximum absolute atomic E-state index is 11.0. The van der Waals surface area contributed by atoms with Crippen molar-refractivity contribution in [1.82, 2.24) is 0 Å². The zero-order chi connectivity index (χ0) is 14.4. The number of benzene rings is 1. The summed E-state index contributed by atoms with van der Waals surface area (Å²) in [5, 5.41) is 3.11. The molecule has 1 atom stereocenters. The second-order valence-electron chi connectivity index (χ2n) is 4.10. The Kier molecular flexibility index (Phi) is 5.29. The van der Waals surface area contributed by atoms with Crippen molar-refractivity contribution >= 4 is 11.6 Å². The number of methoxy groups -OCH3 is 3. The van der Waals surface area contributed by atoms with Gasteiger partial charge < -0.3 is 25.3 Å². The van der Waals surface area contributed by atoms with Crippen molar-refractivity contribution in [1.29, 1.82) is 0 Å². The first-order valence-electron chi connectivity index (χ1n) is 5.86. The zero-order valence-corrected chi connectivity index (χ0v) is 11.6. The average molecular weight is 268 g/mol. The highest BCUT2D eigenvalue weighted by Crippen LogP contribution is 2.39. The van der Waals surface area contributed by atoms with E-state index in [4.69, 9.17) is 19.9 Å². The lowest BCUT2D eigenvalue weighted by molar-refractivity contribution is -0.120. The predicted molar refractivity (Wildman–Crippen MR) is 72.9 cm³/mol. The second kappa shape index (κ2) is 6.72. The van der Waals surface area contributed by atoms with Crippen molar-refractivity contribution in [2.24, 2.45) is 11.7 Å². The lowest BCUT2D eigenvalue weighted by Gasteiger charge is -2.16. The minimum absolute atomic E-state index is 0.265. The van der Waals surface area contributed by atoms with Crippen molar-refractivity contribution in [3.8, 4) is 17.2 Å². The average Bonchev–Trinajstić information content (AvgIpc) is 2.42. The number of amides is 1. The summed E-state index contributed by atoms with van der Waals surface area (Å²) in [6.45, 7) is 2.20. The van der Waals surface area contributed by atoms with Crippen LogP contribution >= 0.6 is 0 Å². The lowest BCUT2D eigenvalue weighted by Crippen LogP contribution is -2.26. The third-order valence-electron chi connectivity index (χ3n) is 2.76. The van der Waals surface area contributed by atoms with Crippen LogP contribution in [0.15, 0.2) is 12.1 Å². The van der Waals surface area contributed by atoms with Gasteiger partial charge in [-0.15, -0.1) is 0 Å². The van der Waals surface area contributed by atoms with Gasteiger partial charge in [-0.2, -0.15) is 0 Å². The van der Waals surface area contributed by atoms with Gasteiger partial charge in [0.05, 0.1) is 27.2 Å². The predicted octanol–water partition coefficient (Wildman–Crippen LogP) is 1.25. The van der Waals surface area contributed by atoms with Crippen molar-refractivity contribution in [3.05, 3.63) is 12.1 Å². The number of hydrogen-bond acceptors (Lipinski definition) is 5. The molecular formula is C13H20N2O4. The molecule has 6 nitrogen and oxygen atoms in total. The molecule has 0 fully saturated rings. The standard InChI is InChI=1S/C13H20N2O4/c1-8(13(14)16)7-15-9-5-10(17-2)12(19-4)11(6-9)18-3/h5-6,8,15H,7H2,1-4H3,(H2,14,16). The molecule has 0 aliphatic carbocycles. The second-order valence-corrected chi connectivity index (χ2v) is 4.10. The molecule has 0 saturated heterocycles. The summed E-state index contributed by atoms with van der Waals surface area (Å²) in [5.41, 5.74) is 5.98. The SMILES string of the molecule is COc1cc(NCC(C)C(N)=O)cc(OC)c1OC. The molecule has 0 aliphatic heterocycles. The Bertz CT molecular complexity index is 423. The Morgan fingerprint density at radius 2 is 1.74 bits per heavy atom. The molecular weight excluding hydrogens is 248 g/mol. The molecule has 1 unspecified atom stereocenters. The first-order valence-corrected chi connectivity index (χ1v) is 5.86. The highest BCUT2D eigenvalue weighted by molar-refractivity contribution is 5.77. The topological polar surface area (TPSA) is 82.8 Å². The molecule has 19 heavy (non-hydrogen) atoms. The molecule has 1 aromatic carbocycles. The van der Waals surface area contributed by atoms with Gasteiger partial charge >= 0.3 is 0 Å². The monoisotopic (exact) mass is 268 g/mol. The first-order chi connectivity index (χ1) is 9.03. The van der Waals surface area contributed by atoms with Crippen LogP contribution < -0.4 is 25.3 Å². The summed E-state index contributed by atoms with van der Waals surface area (Å²) >= 11 is 0. The summed E-state index contributed by atoms with van der Waals surface area (Å²) in [6.07, 6.45) is 0. The highest BCUT2D eigenvalue weighted by Gasteiger charge is 2.14. The normalized spacial score (nSPS) is 11.6. The highest BCUT2D eigenvalue weighted by atomic mass is 16.5. The summed E-state index contributed by atoms with van der Waals surface area (Å²) < 4.78 is 15.7. The Morgan fingerprint density at radius 1 is 1.21 bits per heavy atom. The first kappa shape index (κ1) is 14.9. The molecule has 106 valence electrons. The minimum Gasteiger partial charge on any atom is -0.493 e. The molecule has 0 aromatic heterocycles. The maximum Gasteiger partial charge on any atom is 0.222 e. The number of carbonyl (C=O) groups excluding carboxylic acids is 1. The number of nitrogens with two attached hydrogens (primary N) is 1. The maximum atomic E-state index is 11.0. The Hall–Kier alpha value is -2.11. The lowest BCUT2D eigenvalue weighted by atomic mass is 10.1. The van der Waals surface area contributed by atoms with Crippen molar-refractivity contribution < 1.29 is 19.0 Å². The Labute approximate surface area is 112 Å². The molecule has 0 aliphatic rings. The van der Waals surface area contributed by atoms with Crippen LogP contribution in [0.2, 0.25) is 0 Å². The summed E-state index contributed by atoms with van der Waals surface area (Å²) in [4.78, 5) is 11.0. The molecule has 1 rings (SSSR count). The Balaban J connectivity index is 2.93. The van der Waals surface area contributed by atoms with Crippen LogP contribution in [-0.4, -0.2) is 33.8 Å². The smallest absolute Gasteiger partial charge is 0.222 e. The van der Waals surface area contributed by atoms with Crippen LogP contribution in [0.4, 0.5) is 5.69 Å². The van der Waals surface area contributed by atoms with E-state index < -0.39 is 0 Å². The third-order valence-corrected chi connectivity index (χ3v) is 2.76. The fourth-order valence-electron chi connectivity index (χ4n) is 1.55. The zero-order valence-electron chi connectivity index (χ0n) is 11.6. The number of rotatable bonds is 7. The number of ether oxygens (including phenoxy) is 3. The van der Waals surface area contributed by atoms with Gasteiger partial charge in [-0.1, -0.05) is 6.92 Å². The van der Waals surface area contributed by atoms with Gasteiger partial charge in [-0.3, -0.25) is 4.79 Å². The van der Waals surface area contributed by atoms with Crippen molar-refractivity contribution in [2.45, 2.75) is 6.92 Å². The summed E-state index contributed by atoms with van der Waals surface area (Å²) in [5.74, 6) is 1.02. The van der Waals surface area contributed by atoms with E-state index in [9.17, 15) is 4.79 Å². The molecule has 0 spiro atoms. The summed E-state index contributed by atoms with van der Waals surface area (Å²) in [6, 6.07) is 3.55. The Morgan fingerprint density at radius 3 is 2.11 bits per heavy atom. The number of primary amides is 1. The number of anilines is 1. The molecule has 6 heteroatoms. The molecule has 1 amide bonds. The largest absolute Gasteiger partial charge is 0.493 e. The van der Waals surface area contributed by atoms with E-state index in [0.29, 0.717) is 23.8 Å². The molecule has 0 saturated carbocycles. The minimum atomic E-state index is -0.347. The van der Waals surface area contributed by atoms with Gasteiger partial charge in [-0.05, 0) is 0 Å². The van der Waals surface area contributed by atoms with Crippen LogP contribution in [0.1, 0.15) is 6.92 Å². The van der Waals surface area contributed by atoms with Crippen molar-refractivity contribution in [2.75, 3.05) is 33.2 Å². The van der Waals surface area contributed by atoms with Crippen LogP contribution in [0.3, 0.4) is 0 Å². The molecule has 0 heterocycles. The van der Waals surface area contributed by atoms with Crippen LogP contribution in [0, 0.1) is 5.92 Å². The van der Waals surface area contributed by atoms with Crippen LogP contribution in [0.25, 0.3) is 0 Å². The van der Waals surface area contributed by atoms with Crippen molar-refractivity contribution in [3.63, 3.8) is 0 Å². The van der Waals surface area contributed by atoms with Gasteiger partial charge in [0.1, 0.15) is 0 Å². The van der Waals surface area contributed by atoms with E-state index >= 15 is 0 Å². The van der Waals surface area contributed by atoms with E-state index in [2.05, 4.69) is 5.32 Å².